The summed E-state index contributed by atoms with van der Waals surface area (Å²) in [6.07, 6.45) is -8.96. The minimum atomic E-state index is -7.85. The summed E-state index contributed by atoms with van der Waals surface area (Å²) in [7, 11) is -3.21. The van der Waals surface area contributed by atoms with E-state index in [1.807, 2.05) is 0 Å². The maximum Gasteiger partial charge on any atom is 0.460 e. The highest BCUT2D eigenvalue weighted by molar-refractivity contribution is 7.20. The molecule has 0 aromatic rings. The van der Waals surface area contributed by atoms with E-state index in [9.17, 15) is 57.1 Å². The molecular formula is C14H18ClF13Si. The molecule has 0 aromatic carbocycles. The number of rotatable bonds is 11. The molecule has 0 nitrogen and oxygen atoms in total. The Morgan fingerprint density at radius 2 is 0.897 bits per heavy atom. The van der Waals surface area contributed by atoms with Gasteiger partial charge in [0.2, 0.25) is 0 Å². The summed E-state index contributed by atoms with van der Waals surface area (Å²) < 4.78 is 170. The summed E-state index contributed by atoms with van der Waals surface area (Å²) >= 11 is 6.09. The van der Waals surface area contributed by atoms with Crippen LogP contribution in [0.5, 0.6) is 0 Å². The van der Waals surface area contributed by atoms with Crippen LogP contribution in [-0.2, 0) is 0 Å². The highest BCUT2D eigenvalue weighted by atomic mass is 35.6. The zero-order chi connectivity index (χ0) is 23.7. The first-order chi connectivity index (χ1) is 12.6. The van der Waals surface area contributed by atoms with Gasteiger partial charge in [-0.1, -0.05) is 26.7 Å². The topological polar surface area (TPSA) is 0 Å². The Hall–Kier alpha value is -0.403. The second-order valence-electron chi connectivity index (χ2n) is 6.65. The van der Waals surface area contributed by atoms with Crippen LogP contribution >= 0.6 is 11.1 Å². The Balaban J connectivity index is 5.98. The van der Waals surface area contributed by atoms with Crippen LogP contribution in [0.15, 0.2) is 0 Å². The molecule has 0 amide bonds. The van der Waals surface area contributed by atoms with E-state index in [-0.39, 0.29) is 12.1 Å². The van der Waals surface area contributed by atoms with Gasteiger partial charge in [0, 0.05) is 6.42 Å². The zero-order valence-electron chi connectivity index (χ0n) is 15.0. The summed E-state index contributed by atoms with van der Waals surface area (Å²) in [5, 5.41) is 0. The van der Waals surface area contributed by atoms with E-state index in [1.165, 1.54) is 0 Å². The van der Waals surface area contributed by atoms with Gasteiger partial charge in [-0.3, -0.25) is 0 Å². The molecule has 0 fully saturated rings. The largest absolute Gasteiger partial charge is 0.460 e. The summed E-state index contributed by atoms with van der Waals surface area (Å²) in [5.41, 5.74) is 0. The number of hydrogen-bond donors (Lipinski definition) is 0. The molecule has 0 aliphatic rings. The van der Waals surface area contributed by atoms with Crippen molar-refractivity contribution in [2.75, 3.05) is 0 Å². The molecule has 0 unspecified atom stereocenters. The van der Waals surface area contributed by atoms with Crippen molar-refractivity contribution < 1.29 is 57.1 Å². The fourth-order valence-corrected chi connectivity index (χ4v) is 7.33. The molecule has 0 aromatic heterocycles. The molecule has 0 spiro atoms. The third kappa shape index (κ3) is 5.09. The van der Waals surface area contributed by atoms with Gasteiger partial charge in [0.15, 0.2) is 7.38 Å². The van der Waals surface area contributed by atoms with E-state index < -0.39 is 55.6 Å². The first-order valence-corrected chi connectivity index (χ1v) is 11.9. The third-order valence-electron chi connectivity index (χ3n) is 4.28. The number of alkyl halides is 13. The van der Waals surface area contributed by atoms with Crippen LogP contribution < -0.4 is 0 Å². The second kappa shape index (κ2) is 8.62. The van der Waals surface area contributed by atoms with Gasteiger partial charge in [0.05, 0.1) is 0 Å². The third-order valence-corrected chi connectivity index (χ3v) is 9.92. The monoisotopic (exact) mass is 496 g/mol. The zero-order valence-corrected chi connectivity index (χ0v) is 16.8. The fraction of sp³-hybridized carbons (Fsp3) is 1.00. The first-order valence-electron chi connectivity index (χ1n) is 8.22. The molecule has 0 saturated carbocycles. The van der Waals surface area contributed by atoms with Gasteiger partial charge in [-0.05, 0) is 18.1 Å². The van der Waals surface area contributed by atoms with Gasteiger partial charge in [0.25, 0.3) is 0 Å². The second-order valence-corrected chi connectivity index (χ2v) is 12.9. The quantitative estimate of drug-likeness (QED) is 0.154. The molecule has 0 heterocycles. The predicted octanol–water partition coefficient (Wildman–Crippen LogP) is 8.12. The van der Waals surface area contributed by atoms with E-state index in [2.05, 4.69) is 0 Å². The van der Waals surface area contributed by atoms with Gasteiger partial charge in [-0.15, -0.1) is 0 Å². The smallest absolute Gasteiger partial charge is 0.200 e. The Morgan fingerprint density at radius 3 is 1.21 bits per heavy atom. The molecule has 29 heavy (non-hydrogen) atoms. The van der Waals surface area contributed by atoms with Gasteiger partial charge < -0.3 is 0 Å². The lowest BCUT2D eigenvalue weighted by atomic mass is 9.93. The summed E-state index contributed by atoms with van der Waals surface area (Å²) in [5.74, 6) is -36.5. The molecule has 0 radical (unpaired) electrons. The Kier molecular flexibility index (Phi) is 8.50. The molecule has 176 valence electrons. The summed E-state index contributed by atoms with van der Waals surface area (Å²) in [6, 6.07) is -0.790. The average Bonchev–Trinajstić information content (AvgIpc) is 2.52. The number of hydrogen-bond acceptors (Lipinski definition) is 0. The van der Waals surface area contributed by atoms with Crippen LogP contribution in [0.25, 0.3) is 0 Å². The predicted molar refractivity (Wildman–Crippen MR) is 82.0 cm³/mol. The van der Waals surface area contributed by atoms with Crippen LogP contribution in [0.3, 0.4) is 0 Å². The van der Waals surface area contributed by atoms with E-state index in [0.717, 1.165) is 0 Å². The van der Waals surface area contributed by atoms with Crippen molar-refractivity contribution in [2.24, 2.45) is 0 Å². The fourth-order valence-electron chi connectivity index (χ4n) is 2.61. The van der Waals surface area contributed by atoms with Crippen LogP contribution in [-0.4, -0.2) is 43.2 Å². The standard InChI is InChI=1S/C14H18ClF13Si/c1-3-6-29(15,7-4-2)8-5-9(16,17)10(18,19)11(20,21)12(22,23)13(24,25)14(26,27)28/h3-8H2,1-2H3. The lowest BCUT2D eigenvalue weighted by Crippen LogP contribution is -2.70. The van der Waals surface area contributed by atoms with E-state index in [1.54, 1.807) is 13.8 Å². The molecule has 0 aliphatic carbocycles. The number of halogens is 14. The lowest BCUT2D eigenvalue weighted by molar-refractivity contribution is -0.439. The molecule has 0 bridgehead atoms. The van der Waals surface area contributed by atoms with Crippen LogP contribution in [0.4, 0.5) is 57.1 Å². The van der Waals surface area contributed by atoms with Gasteiger partial charge in [-0.25, -0.2) is 0 Å². The minimum absolute atomic E-state index is 0.0861. The molecule has 0 atom stereocenters. The normalized spacial score (nSPS) is 15.7. The maximum atomic E-state index is 13.8. The molecule has 0 aliphatic heterocycles. The SMILES string of the molecule is CCC[Si](Cl)(CCC)CCC(F)(F)C(F)(F)C(F)(F)C(F)(F)C(F)(F)C(F)(F)F. The van der Waals surface area contributed by atoms with Crippen molar-refractivity contribution in [3.8, 4) is 0 Å². The van der Waals surface area contributed by atoms with Crippen molar-refractivity contribution in [1.82, 2.24) is 0 Å². The molecular weight excluding hydrogens is 479 g/mol. The van der Waals surface area contributed by atoms with Crippen LogP contribution in [0.2, 0.25) is 18.1 Å². The Bertz CT molecular complexity index is 538. The van der Waals surface area contributed by atoms with Crippen molar-refractivity contribution >= 4 is 18.5 Å². The summed E-state index contributed by atoms with van der Waals surface area (Å²) in [6.45, 7) is 3.11. The Morgan fingerprint density at radius 1 is 0.552 bits per heavy atom. The average molecular weight is 497 g/mol. The van der Waals surface area contributed by atoms with Gasteiger partial charge in [-0.2, -0.15) is 68.2 Å². The van der Waals surface area contributed by atoms with E-state index in [0.29, 0.717) is 12.8 Å². The minimum Gasteiger partial charge on any atom is -0.200 e. The lowest BCUT2D eigenvalue weighted by Gasteiger charge is -2.40. The van der Waals surface area contributed by atoms with Crippen molar-refractivity contribution in [2.45, 2.75) is 87.0 Å². The molecule has 0 N–H and O–H groups in total. The molecule has 15 heteroatoms. The van der Waals surface area contributed by atoms with E-state index in [4.69, 9.17) is 11.1 Å². The van der Waals surface area contributed by atoms with Crippen LogP contribution in [0, 0.1) is 0 Å². The molecule has 0 saturated heterocycles. The van der Waals surface area contributed by atoms with Gasteiger partial charge >= 0.3 is 35.8 Å². The van der Waals surface area contributed by atoms with Crippen molar-refractivity contribution in [3.63, 3.8) is 0 Å². The van der Waals surface area contributed by atoms with Crippen molar-refractivity contribution in [3.05, 3.63) is 0 Å². The summed E-state index contributed by atoms with van der Waals surface area (Å²) in [4.78, 5) is 0. The molecule has 0 rings (SSSR count). The van der Waals surface area contributed by atoms with Crippen molar-refractivity contribution in [1.29, 1.82) is 0 Å². The highest BCUT2D eigenvalue weighted by Crippen LogP contribution is 2.61. The maximum absolute atomic E-state index is 13.8. The Labute approximate surface area is 163 Å². The highest BCUT2D eigenvalue weighted by Gasteiger charge is 2.90. The van der Waals surface area contributed by atoms with Gasteiger partial charge in [0.1, 0.15) is 0 Å². The van der Waals surface area contributed by atoms with Crippen LogP contribution in [0.1, 0.15) is 33.1 Å². The van der Waals surface area contributed by atoms with E-state index >= 15 is 0 Å². The first kappa shape index (κ1) is 28.6.